The zero-order valence-corrected chi connectivity index (χ0v) is 27.3. The van der Waals surface area contributed by atoms with Crippen LogP contribution in [0.5, 0.6) is 5.75 Å². The van der Waals surface area contributed by atoms with Crippen molar-refractivity contribution in [1.82, 2.24) is 15.2 Å². The summed E-state index contributed by atoms with van der Waals surface area (Å²) in [7, 11) is -2.94. The summed E-state index contributed by atoms with van der Waals surface area (Å²) in [5, 5.41) is 3.66. The molecule has 0 aliphatic carbocycles. The van der Waals surface area contributed by atoms with Crippen LogP contribution in [0.3, 0.4) is 0 Å². The van der Waals surface area contributed by atoms with Crippen molar-refractivity contribution in [3.63, 3.8) is 0 Å². The van der Waals surface area contributed by atoms with Gasteiger partial charge in [-0.2, -0.15) is 0 Å². The number of likely N-dealkylation sites (tertiary alicyclic amines) is 1. The minimum atomic E-state index is -4.44. The first-order chi connectivity index (χ1) is 22.8. The minimum Gasteiger partial charge on any atom is -0.497 e. The zero-order chi connectivity index (χ0) is 32.8. The van der Waals surface area contributed by atoms with Crippen LogP contribution >= 0.6 is 11.6 Å². The van der Waals surface area contributed by atoms with Crippen LogP contribution in [0.25, 0.3) is 0 Å². The number of ether oxygens (including phenoxy) is 3. The Balaban J connectivity index is 1.40. The molecule has 13 heteroatoms. The molecule has 1 N–H and O–H groups in total. The van der Waals surface area contributed by atoms with Crippen LogP contribution in [-0.4, -0.2) is 44.4 Å². The number of anilines is 1. The van der Waals surface area contributed by atoms with Crippen LogP contribution in [0, 0.1) is 0 Å². The standard InChI is InChI=1S/C34H33ClN4O7S/c1-3-36-20-22-7-4-5-8-26(22)32-45-21-30(46-32)34(38-17-6-9-29(38)31-37-16-18-44-31)27-19-23(35)10-15-28(27)39(33(34)40)47(41,42)25-13-11-24(43-2)12-14-25/h4-5,7-8,10-16,18-19,21,29,32,36H,3,6,9,17,20H2,1-2H3. The third-order valence-corrected chi connectivity index (χ3v) is 10.8. The number of nitrogens with one attached hydrogen (secondary N) is 1. The van der Waals surface area contributed by atoms with E-state index in [1.165, 1.54) is 43.9 Å². The molecule has 1 saturated heterocycles. The van der Waals surface area contributed by atoms with E-state index in [1.54, 1.807) is 24.4 Å². The number of hydrogen-bond donors (Lipinski definition) is 1. The number of rotatable bonds is 10. The fourth-order valence-corrected chi connectivity index (χ4v) is 8.34. The van der Waals surface area contributed by atoms with Crippen LogP contribution < -0.4 is 14.4 Å². The number of halogens is 1. The highest BCUT2D eigenvalue weighted by Crippen LogP contribution is 2.57. The van der Waals surface area contributed by atoms with E-state index in [4.69, 9.17) is 30.2 Å². The van der Waals surface area contributed by atoms with Gasteiger partial charge in [-0.1, -0.05) is 42.8 Å². The van der Waals surface area contributed by atoms with E-state index in [9.17, 15) is 8.42 Å². The lowest BCUT2D eigenvalue weighted by atomic mass is 9.86. The summed E-state index contributed by atoms with van der Waals surface area (Å²) in [5.41, 5.74) is 0.461. The first kappa shape index (κ1) is 31.3. The molecule has 3 aliphatic rings. The van der Waals surface area contributed by atoms with Crippen molar-refractivity contribution in [3.8, 4) is 5.75 Å². The highest BCUT2D eigenvalue weighted by Gasteiger charge is 2.65. The van der Waals surface area contributed by atoms with Gasteiger partial charge in [0, 0.05) is 29.2 Å². The topological polar surface area (TPSA) is 123 Å². The normalized spacial score (nSPS) is 22.6. The van der Waals surface area contributed by atoms with Crippen molar-refractivity contribution in [2.75, 3.05) is 24.5 Å². The van der Waals surface area contributed by atoms with Gasteiger partial charge in [0.2, 0.25) is 5.89 Å². The fourth-order valence-electron chi connectivity index (χ4n) is 6.71. The molecule has 7 rings (SSSR count). The first-order valence-corrected chi connectivity index (χ1v) is 17.1. The number of oxazole rings is 1. The minimum absolute atomic E-state index is 0.0816. The number of carbonyl (C=O) groups is 1. The molecule has 0 spiro atoms. The van der Waals surface area contributed by atoms with E-state index in [-0.39, 0.29) is 16.3 Å². The summed E-state index contributed by atoms with van der Waals surface area (Å²) >= 11 is 6.61. The summed E-state index contributed by atoms with van der Waals surface area (Å²) in [4.78, 5) is 21.5. The molecular formula is C34H33ClN4O7S. The van der Waals surface area contributed by atoms with E-state index in [0.29, 0.717) is 48.2 Å². The van der Waals surface area contributed by atoms with Gasteiger partial charge >= 0.3 is 0 Å². The number of sulfonamides is 1. The van der Waals surface area contributed by atoms with Gasteiger partial charge in [-0.15, -0.1) is 0 Å². The van der Waals surface area contributed by atoms with Crippen LogP contribution in [0.2, 0.25) is 5.02 Å². The highest BCUT2D eigenvalue weighted by molar-refractivity contribution is 7.93. The van der Waals surface area contributed by atoms with Crippen LogP contribution in [0.1, 0.15) is 54.7 Å². The second kappa shape index (κ2) is 12.3. The molecule has 4 heterocycles. The molecule has 1 fully saturated rings. The second-order valence-corrected chi connectivity index (χ2v) is 13.6. The molecule has 11 nitrogen and oxygen atoms in total. The Hall–Kier alpha value is -4.36. The Labute approximate surface area is 277 Å². The number of amides is 1. The smallest absolute Gasteiger partial charge is 0.274 e. The Kier molecular flexibility index (Phi) is 8.21. The number of hydrogen-bond acceptors (Lipinski definition) is 10. The largest absolute Gasteiger partial charge is 0.497 e. The molecule has 1 amide bonds. The van der Waals surface area contributed by atoms with Crippen LogP contribution in [0.4, 0.5) is 5.69 Å². The van der Waals surface area contributed by atoms with Gasteiger partial charge < -0.3 is 23.9 Å². The van der Waals surface area contributed by atoms with Crippen molar-refractivity contribution < 1.29 is 31.8 Å². The average molecular weight is 677 g/mol. The number of aromatic nitrogens is 1. The quantitative estimate of drug-likeness (QED) is 0.220. The lowest BCUT2D eigenvalue weighted by Crippen LogP contribution is -2.55. The summed E-state index contributed by atoms with van der Waals surface area (Å²) in [6, 6.07) is 17.9. The van der Waals surface area contributed by atoms with E-state index < -0.39 is 33.8 Å². The fraction of sp³-hybridized carbons (Fsp3) is 0.294. The molecular weight excluding hydrogens is 644 g/mol. The molecule has 3 unspecified atom stereocenters. The molecule has 1 aromatic heterocycles. The molecule has 0 radical (unpaired) electrons. The SMILES string of the molecule is CCNCc1ccccc1C1OC=C(C2(N3CCCC3c3ncco3)C(=O)N(S(=O)(=O)c3ccc(OC)cc3)c3ccc(Cl)cc32)O1. The summed E-state index contributed by atoms with van der Waals surface area (Å²) in [6.07, 6.45) is 4.86. The number of benzene rings is 3. The number of nitrogens with zero attached hydrogens (tertiary/aromatic N) is 3. The molecule has 4 aromatic rings. The van der Waals surface area contributed by atoms with Gasteiger partial charge in [-0.25, -0.2) is 17.7 Å². The zero-order valence-electron chi connectivity index (χ0n) is 25.8. The van der Waals surface area contributed by atoms with Crippen LogP contribution in [-0.2, 0) is 36.4 Å². The van der Waals surface area contributed by atoms with Gasteiger partial charge in [-0.3, -0.25) is 9.69 Å². The van der Waals surface area contributed by atoms with Crippen molar-refractivity contribution in [1.29, 1.82) is 0 Å². The van der Waals surface area contributed by atoms with Crippen molar-refractivity contribution in [2.45, 2.75) is 49.1 Å². The Morgan fingerprint density at radius 1 is 1.13 bits per heavy atom. The molecule has 0 saturated carbocycles. The van der Waals surface area contributed by atoms with Crippen molar-refractivity contribution >= 4 is 33.2 Å². The van der Waals surface area contributed by atoms with Crippen LogP contribution in [0.15, 0.2) is 101 Å². The first-order valence-electron chi connectivity index (χ1n) is 15.3. The maximum atomic E-state index is 15.3. The lowest BCUT2D eigenvalue weighted by Gasteiger charge is -2.40. The third-order valence-electron chi connectivity index (χ3n) is 8.84. The molecule has 47 heavy (non-hydrogen) atoms. The molecule has 0 bridgehead atoms. The van der Waals surface area contributed by atoms with Gasteiger partial charge in [-0.05, 0) is 67.4 Å². The lowest BCUT2D eigenvalue weighted by molar-refractivity contribution is -0.132. The van der Waals surface area contributed by atoms with Crippen molar-refractivity contribution in [2.24, 2.45) is 0 Å². The molecule has 244 valence electrons. The average Bonchev–Trinajstić information content (AvgIpc) is 3.90. The van der Waals surface area contributed by atoms with E-state index in [0.717, 1.165) is 22.0 Å². The van der Waals surface area contributed by atoms with E-state index in [1.807, 2.05) is 36.1 Å². The van der Waals surface area contributed by atoms with Gasteiger partial charge in [0.05, 0.1) is 29.9 Å². The van der Waals surface area contributed by atoms with Crippen molar-refractivity contribution in [3.05, 3.63) is 119 Å². The number of methoxy groups -OCH3 is 1. The Bertz CT molecular complexity index is 1930. The maximum absolute atomic E-state index is 15.3. The van der Waals surface area contributed by atoms with E-state index >= 15 is 4.79 Å². The van der Waals surface area contributed by atoms with Gasteiger partial charge in [0.15, 0.2) is 11.3 Å². The Morgan fingerprint density at radius 3 is 2.68 bits per heavy atom. The third kappa shape index (κ3) is 5.07. The predicted octanol–water partition coefficient (Wildman–Crippen LogP) is 5.80. The van der Waals surface area contributed by atoms with Gasteiger partial charge in [0.1, 0.15) is 18.3 Å². The second-order valence-electron chi connectivity index (χ2n) is 11.4. The Morgan fingerprint density at radius 2 is 1.94 bits per heavy atom. The van der Waals surface area contributed by atoms with Gasteiger partial charge in [0.25, 0.3) is 22.2 Å². The molecule has 3 atom stereocenters. The summed E-state index contributed by atoms with van der Waals surface area (Å²) in [5.74, 6) is 0.272. The summed E-state index contributed by atoms with van der Waals surface area (Å²) in [6.45, 7) is 3.79. The number of fused-ring (bicyclic) bond motifs is 1. The maximum Gasteiger partial charge on any atom is 0.274 e. The monoisotopic (exact) mass is 676 g/mol. The molecule has 3 aromatic carbocycles. The summed E-state index contributed by atoms with van der Waals surface area (Å²) < 4.78 is 53.5. The predicted molar refractivity (Wildman–Crippen MR) is 173 cm³/mol. The van der Waals surface area contributed by atoms with E-state index in [2.05, 4.69) is 10.3 Å². The number of carbonyl (C=O) groups excluding carboxylic acids is 1. The molecule has 3 aliphatic heterocycles. The highest BCUT2D eigenvalue weighted by atomic mass is 35.5.